The highest BCUT2D eigenvalue weighted by Crippen LogP contribution is 2.52. The average molecular weight is 1550 g/mol. The molecule has 564 valence electrons. The molecule has 3 aromatic heterocycles. The number of hydrogen-bond acceptors (Lipinski definition) is 8. The first-order chi connectivity index (χ1) is 60.4. The molecule has 0 aliphatic carbocycles. The zero-order chi connectivity index (χ0) is 80.9. The van der Waals surface area contributed by atoms with E-state index in [4.69, 9.17) is 29.4 Å². The SMILES string of the molecule is N#Cc1ccc2c3c(cccc13)Oc1cc(-c3ccc(-c4cc5c6ccccc6c(-c6cc(-c7ccccn7)cc(-c7ccccn7)c6)cc5c5ccccc45)cc3)ccc1-2.N#Cc1ccc2c3c(cccc13)Oc1cc(-c3ccc(-c4cc5c6ccccc6c(-c6nc(-c7ccccc7)cc(-c7ccccc7)n6)cc5c5ccccc45)cc3)ccc1-2. The number of ether oxygens (including phenoxy) is 2. The summed E-state index contributed by atoms with van der Waals surface area (Å²) in [7, 11) is 0. The molecule has 8 heteroatoms. The summed E-state index contributed by atoms with van der Waals surface area (Å²) in [4.78, 5) is 20.0. The first kappa shape index (κ1) is 70.6. The minimum Gasteiger partial charge on any atom is -0.456 e. The zero-order valence-electron chi connectivity index (χ0n) is 65.6. The van der Waals surface area contributed by atoms with E-state index >= 15 is 0 Å². The van der Waals surface area contributed by atoms with Gasteiger partial charge in [0, 0.05) is 72.9 Å². The number of benzene rings is 19. The number of pyridine rings is 2. The Hall–Kier alpha value is -16.8. The van der Waals surface area contributed by atoms with Crippen molar-refractivity contribution in [1.29, 1.82) is 10.5 Å². The van der Waals surface area contributed by atoms with Gasteiger partial charge in [0.15, 0.2) is 5.82 Å². The molecule has 0 radical (unpaired) electrons. The van der Waals surface area contributed by atoms with Gasteiger partial charge in [0.25, 0.3) is 0 Å². The molecule has 2 aliphatic rings. The van der Waals surface area contributed by atoms with E-state index in [0.717, 1.165) is 172 Å². The topological polar surface area (TPSA) is 118 Å². The second kappa shape index (κ2) is 29.1. The summed E-state index contributed by atoms with van der Waals surface area (Å²) >= 11 is 0. The van der Waals surface area contributed by atoms with Crippen LogP contribution in [-0.4, -0.2) is 19.9 Å². The van der Waals surface area contributed by atoms with Gasteiger partial charge in [-0.15, -0.1) is 0 Å². The third-order valence-electron chi connectivity index (χ3n) is 24.3. The van der Waals surface area contributed by atoms with Crippen LogP contribution in [0.25, 0.3) is 220 Å². The predicted octanol–water partition coefficient (Wildman–Crippen LogP) is 30.1. The van der Waals surface area contributed by atoms with E-state index in [1.165, 1.54) is 65.2 Å². The maximum absolute atomic E-state index is 9.73. The maximum atomic E-state index is 9.73. The fourth-order valence-corrected chi connectivity index (χ4v) is 18.5. The summed E-state index contributed by atoms with van der Waals surface area (Å²) in [6.07, 6.45) is 3.70. The third kappa shape index (κ3) is 12.0. The summed E-state index contributed by atoms with van der Waals surface area (Å²) in [6.45, 7) is 0. The number of hydrogen-bond donors (Lipinski definition) is 0. The van der Waals surface area contributed by atoms with Crippen LogP contribution in [0.5, 0.6) is 23.0 Å². The van der Waals surface area contributed by atoms with Gasteiger partial charge in [-0.05, 0) is 253 Å². The van der Waals surface area contributed by atoms with Crippen molar-refractivity contribution in [2.24, 2.45) is 0 Å². The standard InChI is InChI=1S/2C57H33N3O/c58-34-38-23-25-48-47-24-22-37(31-56(47)61-55-17-9-14-42(38)57(48)55)35-18-20-36(21-19-35)49-32-51-46-13-4-2-11-44(46)50(33-52(51)45-12-3-1-10-43(45)49)39-28-40(53-15-5-7-26-59-53)30-41(29-39)54-16-6-8-27-60-54;58-34-40-27-29-47-46-28-26-39(30-55(46)61-54-21-11-20-41(40)56(47)54)35-22-24-36(25-23-35)48-31-49-44-18-9-10-19-45(44)51(32-50(49)43-17-8-7-16-42(43)48)57-59-52(37-12-3-1-4-13-37)33-53(60-57)38-14-5-2-6-15-38/h2*1-33H. The number of nitrogens with zero attached hydrogens (tertiary/aromatic N) is 6. The van der Waals surface area contributed by atoms with Gasteiger partial charge in [0.1, 0.15) is 23.0 Å². The Kier molecular flexibility index (Phi) is 16.9. The Labute approximate surface area is 702 Å². The van der Waals surface area contributed by atoms with Gasteiger partial charge in [0.05, 0.1) is 46.0 Å². The van der Waals surface area contributed by atoms with Crippen LogP contribution in [0.1, 0.15) is 11.1 Å². The fraction of sp³-hybridized carbons (Fsp3) is 0. The summed E-state index contributed by atoms with van der Waals surface area (Å²) in [5.41, 5.74) is 25.7. The molecule has 24 rings (SSSR count). The number of fused-ring (bicyclic) bond motifs is 14. The number of rotatable bonds is 10. The minimum absolute atomic E-state index is 0.651. The van der Waals surface area contributed by atoms with Gasteiger partial charge in [0.2, 0.25) is 0 Å². The lowest BCUT2D eigenvalue weighted by Gasteiger charge is -2.22. The molecule has 0 spiro atoms. The monoisotopic (exact) mass is 1550 g/mol. The zero-order valence-corrected chi connectivity index (χ0v) is 65.6. The van der Waals surface area contributed by atoms with Crippen LogP contribution in [0.15, 0.2) is 401 Å². The highest BCUT2D eigenvalue weighted by Gasteiger charge is 2.27. The lowest BCUT2D eigenvalue weighted by Crippen LogP contribution is -1.98. The fourth-order valence-electron chi connectivity index (χ4n) is 18.5. The molecule has 0 amide bonds. The first-order valence-electron chi connectivity index (χ1n) is 40.9. The highest BCUT2D eigenvalue weighted by atomic mass is 16.5. The predicted molar refractivity (Wildman–Crippen MR) is 499 cm³/mol. The molecular weight excluding hydrogens is 1490 g/mol. The van der Waals surface area contributed by atoms with Crippen molar-refractivity contribution < 1.29 is 9.47 Å². The molecule has 22 aromatic rings. The Balaban J connectivity index is 0.000000142. The number of nitriles is 2. The quantitative estimate of drug-likeness (QED) is 0.124. The van der Waals surface area contributed by atoms with Gasteiger partial charge in [-0.3, -0.25) is 9.97 Å². The lowest BCUT2D eigenvalue weighted by atomic mass is 9.86. The van der Waals surface area contributed by atoms with E-state index in [1.807, 2.05) is 109 Å². The molecule has 0 atom stereocenters. The smallest absolute Gasteiger partial charge is 0.161 e. The molecule has 19 aromatic carbocycles. The van der Waals surface area contributed by atoms with E-state index in [9.17, 15) is 10.5 Å². The molecule has 0 fully saturated rings. The van der Waals surface area contributed by atoms with Crippen LogP contribution in [0.3, 0.4) is 0 Å². The summed E-state index contributed by atoms with van der Waals surface area (Å²) in [5.74, 6) is 3.88. The van der Waals surface area contributed by atoms with E-state index in [-0.39, 0.29) is 0 Å². The van der Waals surface area contributed by atoms with E-state index < -0.39 is 0 Å². The molecule has 0 unspecified atom stereocenters. The first-order valence-corrected chi connectivity index (χ1v) is 40.9. The largest absolute Gasteiger partial charge is 0.456 e. The van der Waals surface area contributed by atoms with Crippen LogP contribution >= 0.6 is 0 Å². The van der Waals surface area contributed by atoms with E-state index in [2.05, 4.69) is 303 Å². The van der Waals surface area contributed by atoms with Gasteiger partial charge < -0.3 is 9.47 Å². The summed E-state index contributed by atoms with van der Waals surface area (Å²) < 4.78 is 13.0. The Morgan fingerprint density at radius 1 is 0.189 bits per heavy atom. The molecule has 2 aliphatic heterocycles. The third-order valence-corrected chi connectivity index (χ3v) is 24.3. The summed E-state index contributed by atoms with van der Waals surface area (Å²) in [6, 6.07) is 141. The molecule has 0 bridgehead atoms. The van der Waals surface area contributed by atoms with Crippen molar-refractivity contribution in [3.8, 4) is 169 Å². The van der Waals surface area contributed by atoms with E-state index in [0.29, 0.717) is 17.0 Å². The highest BCUT2D eigenvalue weighted by molar-refractivity contribution is 6.26. The van der Waals surface area contributed by atoms with Crippen LogP contribution in [-0.2, 0) is 0 Å². The minimum atomic E-state index is 0.651. The molecule has 0 N–H and O–H groups in total. The summed E-state index contributed by atoms with van der Waals surface area (Å²) in [5, 5.41) is 37.5. The second-order valence-electron chi connectivity index (χ2n) is 31.2. The molecule has 0 saturated heterocycles. The Morgan fingerprint density at radius 2 is 0.525 bits per heavy atom. The van der Waals surface area contributed by atoms with Crippen molar-refractivity contribution in [1.82, 2.24) is 19.9 Å². The van der Waals surface area contributed by atoms with Crippen molar-refractivity contribution >= 4 is 86.2 Å². The van der Waals surface area contributed by atoms with Gasteiger partial charge in [-0.25, -0.2) is 9.97 Å². The van der Waals surface area contributed by atoms with Gasteiger partial charge in [-0.2, -0.15) is 10.5 Å². The maximum Gasteiger partial charge on any atom is 0.161 e. The van der Waals surface area contributed by atoms with Crippen LogP contribution in [0, 0.1) is 22.7 Å². The molecule has 8 nitrogen and oxygen atoms in total. The van der Waals surface area contributed by atoms with Crippen LogP contribution < -0.4 is 9.47 Å². The van der Waals surface area contributed by atoms with Crippen molar-refractivity contribution in [3.05, 3.63) is 412 Å². The average Bonchev–Trinajstić information content (AvgIpc) is 0.734. The molecule has 0 saturated carbocycles. The second-order valence-corrected chi connectivity index (χ2v) is 31.2. The van der Waals surface area contributed by atoms with Crippen LogP contribution in [0.2, 0.25) is 0 Å². The normalized spacial score (nSPS) is 11.7. The van der Waals surface area contributed by atoms with Crippen LogP contribution in [0.4, 0.5) is 0 Å². The molecule has 5 heterocycles. The number of aromatic nitrogens is 4. The Bertz CT molecular complexity index is 7590. The Morgan fingerprint density at radius 3 is 0.926 bits per heavy atom. The van der Waals surface area contributed by atoms with Gasteiger partial charge in [-0.1, -0.05) is 267 Å². The molecular formula is C114H66N6O2. The van der Waals surface area contributed by atoms with Gasteiger partial charge >= 0.3 is 0 Å². The van der Waals surface area contributed by atoms with E-state index in [1.54, 1.807) is 0 Å². The van der Waals surface area contributed by atoms with Crippen molar-refractivity contribution in [3.63, 3.8) is 0 Å². The molecule has 122 heavy (non-hydrogen) atoms. The lowest BCUT2D eigenvalue weighted by molar-refractivity contribution is 0.487. The van der Waals surface area contributed by atoms with Crippen molar-refractivity contribution in [2.45, 2.75) is 0 Å². The van der Waals surface area contributed by atoms with Crippen molar-refractivity contribution in [2.75, 3.05) is 0 Å².